The molecule has 3 aromatic rings. The van der Waals surface area contributed by atoms with Gasteiger partial charge in [-0.1, -0.05) is 36.2 Å². The van der Waals surface area contributed by atoms with E-state index in [0.29, 0.717) is 28.2 Å². The minimum Gasteiger partial charge on any atom is -0.237 e. The lowest BCUT2D eigenvalue weighted by molar-refractivity contribution is 0.587. The summed E-state index contributed by atoms with van der Waals surface area (Å²) in [5.41, 5.74) is 1.92. The lowest BCUT2D eigenvalue weighted by atomic mass is 10.2. The first kappa shape index (κ1) is 15.1. The van der Waals surface area contributed by atoms with Crippen molar-refractivity contribution in [2.75, 3.05) is 0 Å². The lowest BCUT2D eigenvalue weighted by Crippen LogP contribution is -2.16. The highest BCUT2D eigenvalue weighted by Crippen LogP contribution is 2.32. The smallest absolute Gasteiger partial charge is 0.237 e. The minimum atomic E-state index is -3.73. The van der Waals surface area contributed by atoms with Gasteiger partial charge in [-0.2, -0.15) is 0 Å². The maximum Gasteiger partial charge on any atom is 0.269 e. The van der Waals surface area contributed by atoms with Crippen LogP contribution in [0.1, 0.15) is 18.2 Å². The van der Waals surface area contributed by atoms with Crippen LogP contribution in [0.15, 0.2) is 47.5 Å². The fourth-order valence-corrected chi connectivity index (χ4v) is 4.47. The SMILES string of the molecule is CCc1c(Cl)c2cccnc2n1S(=O)(=O)c1ccc(C)cc1. The van der Waals surface area contributed by atoms with E-state index < -0.39 is 10.0 Å². The fourth-order valence-electron chi connectivity index (χ4n) is 2.48. The Labute approximate surface area is 134 Å². The molecule has 2 heterocycles. The van der Waals surface area contributed by atoms with Gasteiger partial charge in [-0.3, -0.25) is 0 Å². The summed E-state index contributed by atoms with van der Waals surface area (Å²) >= 11 is 6.36. The predicted molar refractivity (Wildman–Crippen MR) is 87.9 cm³/mol. The van der Waals surface area contributed by atoms with Crippen LogP contribution in [0.4, 0.5) is 0 Å². The number of rotatable bonds is 3. The second kappa shape index (κ2) is 5.41. The molecule has 0 radical (unpaired) electrons. The Bertz CT molecular complexity index is 944. The molecule has 0 atom stereocenters. The molecule has 6 heteroatoms. The molecule has 0 saturated heterocycles. The highest BCUT2D eigenvalue weighted by atomic mass is 35.5. The second-order valence-electron chi connectivity index (χ2n) is 5.07. The van der Waals surface area contributed by atoms with E-state index in [1.54, 1.807) is 42.6 Å². The standard InChI is InChI=1S/C16H15ClN2O2S/c1-3-14-15(17)13-5-4-10-18-16(13)19(14)22(20,21)12-8-6-11(2)7-9-12/h4-10H,3H2,1-2H3. The van der Waals surface area contributed by atoms with Gasteiger partial charge in [0.25, 0.3) is 10.0 Å². The Morgan fingerprint density at radius 3 is 2.50 bits per heavy atom. The Morgan fingerprint density at radius 2 is 1.86 bits per heavy atom. The van der Waals surface area contributed by atoms with Crippen LogP contribution >= 0.6 is 11.6 Å². The summed E-state index contributed by atoms with van der Waals surface area (Å²) in [5.74, 6) is 0. The van der Waals surface area contributed by atoms with Gasteiger partial charge in [-0.25, -0.2) is 17.4 Å². The summed E-state index contributed by atoms with van der Waals surface area (Å²) < 4.78 is 27.3. The summed E-state index contributed by atoms with van der Waals surface area (Å²) in [5, 5.41) is 1.10. The monoisotopic (exact) mass is 334 g/mol. The van der Waals surface area contributed by atoms with Crippen LogP contribution in [0.3, 0.4) is 0 Å². The molecule has 0 N–H and O–H groups in total. The van der Waals surface area contributed by atoms with E-state index in [4.69, 9.17) is 11.6 Å². The molecule has 0 aliphatic rings. The van der Waals surface area contributed by atoms with Gasteiger partial charge < -0.3 is 0 Å². The van der Waals surface area contributed by atoms with E-state index in [0.717, 1.165) is 5.56 Å². The van der Waals surface area contributed by atoms with Crippen LogP contribution in [0, 0.1) is 6.92 Å². The first-order valence-corrected chi connectivity index (χ1v) is 8.74. The van der Waals surface area contributed by atoms with E-state index in [-0.39, 0.29) is 4.90 Å². The largest absolute Gasteiger partial charge is 0.269 e. The number of aryl methyl sites for hydroxylation is 1. The summed E-state index contributed by atoms with van der Waals surface area (Å²) in [4.78, 5) is 4.45. The number of halogens is 1. The molecule has 114 valence electrons. The third-order valence-corrected chi connectivity index (χ3v) is 5.77. The Hall–Kier alpha value is -1.85. The maximum absolute atomic E-state index is 13.0. The minimum absolute atomic E-state index is 0.229. The van der Waals surface area contributed by atoms with E-state index in [1.165, 1.54) is 3.97 Å². The number of hydrogen-bond donors (Lipinski definition) is 0. The predicted octanol–water partition coefficient (Wildman–Crippen LogP) is 3.80. The van der Waals surface area contributed by atoms with Crippen LogP contribution in [-0.4, -0.2) is 17.4 Å². The molecule has 1 aromatic carbocycles. The van der Waals surface area contributed by atoms with Gasteiger partial charge in [0.2, 0.25) is 0 Å². The Kier molecular flexibility index (Phi) is 3.70. The van der Waals surface area contributed by atoms with E-state index in [1.807, 2.05) is 13.8 Å². The van der Waals surface area contributed by atoms with E-state index >= 15 is 0 Å². The van der Waals surface area contributed by atoms with Crippen LogP contribution in [0.25, 0.3) is 11.0 Å². The maximum atomic E-state index is 13.0. The molecule has 2 aromatic heterocycles. The number of aromatic nitrogens is 2. The first-order chi connectivity index (χ1) is 10.5. The first-order valence-electron chi connectivity index (χ1n) is 6.93. The van der Waals surface area contributed by atoms with Crippen LogP contribution in [0.2, 0.25) is 5.02 Å². The molecule has 0 fully saturated rings. The molecule has 0 aliphatic carbocycles. The molecule has 22 heavy (non-hydrogen) atoms. The molecule has 0 amide bonds. The van der Waals surface area contributed by atoms with E-state index in [2.05, 4.69) is 4.98 Å². The molecule has 0 spiro atoms. The quantitative estimate of drug-likeness (QED) is 0.732. The van der Waals surface area contributed by atoms with Gasteiger partial charge >= 0.3 is 0 Å². The van der Waals surface area contributed by atoms with Gasteiger partial charge in [0.05, 0.1) is 15.6 Å². The molecular formula is C16H15ClN2O2S. The van der Waals surface area contributed by atoms with Gasteiger partial charge in [0.1, 0.15) is 0 Å². The van der Waals surface area contributed by atoms with E-state index in [9.17, 15) is 8.42 Å². The fraction of sp³-hybridized carbons (Fsp3) is 0.188. The van der Waals surface area contributed by atoms with Crippen molar-refractivity contribution in [1.29, 1.82) is 0 Å². The highest BCUT2D eigenvalue weighted by Gasteiger charge is 2.26. The van der Waals surface area contributed by atoms with Gasteiger partial charge in [0.15, 0.2) is 5.65 Å². The molecule has 0 unspecified atom stereocenters. The third kappa shape index (κ3) is 2.21. The zero-order valence-electron chi connectivity index (χ0n) is 12.2. The van der Waals surface area contributed by atoms with Crippen LogP contribution in [0.5, 0.6) is 0 Å². The van der Waals surface area contributed by atoms with Crippen LogP contribution < -0.4 is 0 Å². The molecule has 0 aliphatic heterocycles. The van der Waals surface area contributed by atoms with Crippen LogP contribution in [-0.2, 0) is 16.4 Å². The van der Waals surface area contributed by atoms with Gasteiger partial charge in [-0.15, -0.1) is 0 Å². The number of nitrogens with zero attached hydrogens (tertiary/aromatic N) is 2. The second-order valence-corrected chi connectivity index (χ2v) is 7.24. The summed E-state index contributed by atoms with van der Waals surface area (Å²) in [7, 11) is -3.73. The van der Waals surface area contributed by atoms with Crippen molar-refractivity contribution in [2.45, 2.75) is 25.2 Å². The zero-order valence-corrected chi connectivity index (χ0v) is 13.8. The van der Waals surface area contributed by atoms with Crippen molar-refractivity contribution in [3.63, 3.8) is 0 Å². The Morgan fingerprint density at radius 1 is 1.18 bits per heavy atom. The molecule has 0 bridgehead atoms. The topological polar surface area (TPSA) is 52.0 Å². The zero-order chi connectivity index (χ0) is 15.9. The van der Waals surface area contributed by atoms with Crippen molar-refractivity contribution >= 4 is 32.7 Å². The van der Waals surface area contributed by atoms with Crippen molar-refractivity contribution in [3.05, 3.63) is 58.9 Å². The van der Waals surface area contributed by atoms with Gasteiger partial charge in [0, 0.05) is 11.6 Å². The average molecular weight is 335 g/mol. The van der Waals surface area contributed by atoms with Crippen molar-refractivity contribution in [3.8, 4) is 0 Å². The molecular weight excluding hydrogens is 320 g/mol. The number of pyridine rings is 1. The number of hydrogen-bond acceptors (Lipinski definition) is 3. The summed E-state index contributed by atoms with van der Waals surface area (Å²) in [6.45, 7) is 3.79. The Balaban J connectivity index is 2.36. The van der Waals surface area contributed by atoms with Crippen molar-refractivity contribution < 1.29 is 8.42 Å². The van der Waals surface area contributed by atoms with Gasteiger partial charge in [-0.05, 0) is 37.6 Å². The normalized spacial score (nSPS) is 12.0. The molecule has 4 nitrogen and oxygen atoms in total. The lowest BCUT2D eigenvalue weighted by Gasteiger charge is -2.10. The highest BCUT2D eigenvalue weighted by molar-refractivity contribution is 7.90. The average Bonchev–Trinajstić information content (AvgIpc) is 2.81. The molecule has 0 saturated carbocycles. The van der Waals surface area contributed by atoms with Crippen molar-refractivity contribution in [1.82, 2.24) is 8.96 Å². The third-order valence-electron chi connectivity index (χ3n) is 3.61. The molecule has 3 rings (SSSR count). The summed E-state index contributed by atoms with van der Waals surface area (Å²) in [6, 6.07) is 10.3. The number of fused-ring (bicyclic) bond motifs is 1. The van der Waals surface area contributed by atoms with Crippen molar-refractivity contribution in [2.24, 2.45) is 0 Å². The number of benzene rings is 1. The summed E-state index contributed by atoms with van der Waals surface area (Å²) in [6.07, 6.45) is 2.07.